The summed E-state index contributed by atoms with van der Waals surface area (Å²) >= 11 is 0. The van der Waals surface area contributed by atoms with Gasteiger partial charge >= 0.3 is 12.1 Å². The van der Waals surface area contributed by atoms with Crippen molar-refractivity contribution in [1.82, 2.24) is 10.2 Å². The maximum atomic E-state index is 11.8. The van der Waals surface area contributed by atoms with Gasteiger partial charge in [-0.2, -0.15) is 13.2 Å². The van der Waals surface area contributed by atoms with Crippen LogP contribution in [0.25, 0.3) is 0 Å². The lowest BCUT2D eigenvalue weighted by molar-refractivity contribution is -0.174. The first-order chi connectivity index (χ1) is 6.30. The molecule has 1 atom stereocenters. The van der Waals surface area contributed by atoms with Crippen LogP contribution in [-0.2, 0) is 9.59 Å². The van der Waals surface area contributed by atoms with Crippen LogP contribution in [0, 0.1) is 0 Å². The number of likely N-dealkylation sites (tertiary alicyclic amines) is 1. The van der Waals surface area contributed by atoms with Gasteiger partial charge in [0.1, 0.15) is 0 Å². The first kappa shape index (κ1) is 10.8. The van der Waals surface area contributed by atoms with Gasteiger partial charge in [-0.25, -0.2) is 0 Å². The first-order valence-corrected chi connectivity index (χ1v) is 3.92. The number of nitrogens with zero attached hydrogens (tertiary/aromatic N) is 1. The van der Waals surface area contributed by atoms with E-state index in [4.69, 9.17) is 0 Å². The van der Waals surface area contributed by atoms with E-state index in [1.54, 1.807) is 5.32 Å². The predicted molar refractivity (Wildman–Crippen MR) is 40.2 cm³/mol. The molecule has 14 heavy (non-hydrogen) atoms. The normalized spacial score (nSPS) is 22.7. The molecule has 0 saturated carbocycles. The van der Waals surface area contributed by atoms with Gasteiger partial charge < -0.3 is 10.2 Å². The third-order valence-corrected chi connectivity index (χ3v) is 1.93. The third kappa shape index (κ3) is 2.36. The lowest BCUT2D eigenvalue weighted by atomic mass is 10.2. The minimum absolute atomic E-state index is 0.0711. The van der Waals surface area contributed by atoms with E-state index in [1.807, 2.05) is 0 Å². The zero-order valence-corrected chi connectivity index (χ0v) is 7.39. The van der Waals surface area contributed by atoms with Gasteiger partial charge in [0.15, 0.2) is 0 Å². The van der Waals surface area contributed by atoms with Crippen molar-refractivity contribution in [2.24, 2.45) is 0 Å². The number of halogens is 3. The molecule has 1 aliphatic heterocycles. The molecule has 1 heterocycles. The highest BCUT2D eigenvalue weighted by Crippen LogP contribution is 2.16. The van der Waals surface area contributed by atoms with E-state index >= 15 is 0 Å². The largest absolute Gasteiger partial charge is 0.471 e. The van der Waals surface area contributed by atoms with Crippen LogP contribution in [-0.4, -0.2) is 42.5 Å². The molecule has 1 saturated heterocycles. The lowest BCUT2D eigenvalue weighted by Gasteiger charge is -2.13. The SMILES string of the molecule is CN1CC(NC(=O)C(F)(F)F)CC1=O. The van der Waals surface area contributed by atoms with Gasteiger partial charge in [-0.3, -0.25) is 9.59 Å². The number of hydrogen-bond acceptors (Lipinski definition) is 2. The maximum Gasteiger partial charge on any atom is 0.471 e. The lowest BCUT2D eigenvalue weighted by Crippen LogP contribution is -2.44. The van der Waals surface area contributed by atoms with Gasteiger partial charge in [-0.1, -0.05) is 0 Å². The fraction of sp³-hybridized carbons (Fsp3) is 0.714. The molecule has 1 fully saturated rings. The summed E-state index contributed by atoms with van der Waals surface area (Å²) in [6.45, 7) is 0.126. The molecule has 80 valence electrons. The molecule has 1 rings (SSSR count). The molecule has 0 radical (unpaired) electrons. The summed E-state index contributed by atoms with van der Waals surface area (Å²) in [6.07, 6.45) is -4.96. The first-order valence-electron chi connectivity index (χ1n) is 3.92. The number of rotatable bonds is 1. The number of alkyl halides is 3. The summed E-state index contributed by atoms with van der Waals surface area (Å²) in [6, 6.07) is -0.735. The zero-order valence-electron chi connectivity index (χ0n) is 7.39. The van der Waals surface area contributed by atoms with Crippen molar-refractivity contribution in [3.8, 4) is 0 Å². The molecular weight excluding hydrogens is 201 g/mol. The van der Waals surface area contributed by atoms with E-state index in [9.17, 15) is 22.8 Å². The van der Waals surface area contributed by atoms with Crippen LogP contribution in [0.3, 0.4) is 0 Å². The zero-order chi connectivity index (χ0) is 10.9. The molecular formula is C7H9F3N2O2. The maximum absolute atomic E-state index is 11.8. The fourth-order valence-electron chi connectivity index (χ4n) is 1.23. The highest BCUT2D eigenvalue weighted by molar-refractivity contribution is 5.84. The van der Waals surface area contributed by atoms with E-state index in [-0.39, 0.29) is 18.9 Å². The van der Waals surface area contributed by atoms with Crippen LogP contribution in [0.5, 0.6) is 0 Å². The number of carbonyl (C=O) groups excluding carboxylic acids is 2. The highest BCUT2D eigenvalue weighted by Gasteiger charge is 2.41. The Morgan fingerprint density at radius 3 is 2.50 bits per heavy atom. The molecule has 1 unspecified atom stereocenters. The van der Waals surface area contributed by atoms with Gasteiger partial charge in [0.05, 0.1) is 6.04 Å². The molecule has 1 N–H and O–H groups in total. The predicted octanol–water partition coefficient (Wildman–Crippen LogP) is -0.104. The summed E-state index contributed by atoms with van der Waals surface area (Å²) in [5.41, 5.74) is 0. The Morgan fingerprint density at radius 1 is 1.57 bits per heavy atom. The standard InChI is InChI=1S/C7H9F3N2O2/c1-12-3-4(2-5(12)13)11-6(14)7(8,9)10/h4H,2-3H2,1H3,(H,11,14). The summed E-state index contributed by atoms with van der Waals surface area (Å²) in [7, 11) is 1.47. The molecule has 0 aromatic rings. The van der Waals surface area contributed by atoms with Gasteiger partial charge in [-0.05, 0) is 0 Å². The van der Waals surface area contributed by atoms with Crippen molar-refractivity contribution in [3.05, 3.63) is 0 Å². The van der Waals surface area contributed by atoms with Crippen molar-refractivity contribution in [2.75, 3.05) is 13.6 Å². The van der Waals surface area contributed by atoms with Crippen LogP contribution < -0.4 is 5.32 Å². The molecule has 0 aromatic carbocycles. The van der Waals surface area contributed by atoms with Crippen LogP contribution >= 0.6 is 0 Å². The van der Waals surface area contributed by atoms with Crippen molar-refractivity contribution in [1.29, 1.82) is 0 Å². The van der Waals surface area contributed by atoms with Crippen LogP contribution in [0.1, 0.15) is 6.42 Å². The molecule has 7 heteroatoms. The van der Waals surface area contributed by atoms with Gasteiger partial charge in [0, 0.05) is 20.0 Å². The Labute approximate surface area is 78.1 Å². The number of hydrogen-bond donors (Lipinski definition) is 1. The van der Waals surface area contributed by atoms with Gasteiger partial charge in [0.25, 0.3) is 0 Å². The molecule has 4 nitrogen and oxygen atoms in total. The number of nitrogens with one attached hydrogen (secondary N) is 1. The van der Waals surface area contributed by atoms with Crippen molar-refractivity contribution >= 4 is 11.8 Å². The van der Waals surface area contributed by atoms with Crippen LogP contribution in [0.15, 0.2) is 0 Å². The van der Waals surface area contributed by atoms with E-state index in [0.717, 1.165) is 0 Å². The van der Waals surface area contributed by atoms with E-state index in [2.05, 4.69) is 0 Å². The highest BCUT2D eigenvalue weighted by atomic mass is 19.4. The Balaban J connectivity index is 2.48. The van der Waals surface area contributed by atoms with E-state index in [0.29, 0.717) is 0 Å². The summed E-state index contributed by atoms with van der Waals surface area (Å²) < 4.78 is 35.4. The minimum atomic E-state index is -4.88. The average Bonchev–Trinajstić information content (AvgIpc) is 2.29. The summed E-state index contributed by atoms with van der Waals surface area (Å²) in [5, 5.41) is 1.75. The third-order valence-electron chi connectivity index (χ3n) is 1.93. The molecule has 0 aromatic heterocycles. The number of likely N-dealkylation sites (N-methyl/N-ethyl adjacent to an activating group) is 1. The molecule has 0 spiro atoms. The van der Waals surface area contributed by atoms with E-state index < -0.39 is 18.1 Å². The smallest absolute Gasteiger partial charge is 0.344 e. The summed E-state index contributed by atoms with van der Waals surface area (Å²) in [5.74, 6) is -2.26. The molecule has 2 amide bonds. The topological polar surface area (TPSA) is 49.4 Å². The van der Waals surface area contributed by atoms with Crippen molar-refractivity contribution in [3.63, 3.8) is 0 Å². The number of amides is 2. The van der Waals surface area contributed by atoms with Crippen molar-refractivity contribution < 1.29 is 22.8 Å². The van der Waals surface area contributed by atoms with E-state index in [1.165, 1.54) is 11.9 Å². The Hall–Kier alpha value is -1.27. The molecule has 0 bridgehead atoms. The Kier molecular flexibility index (Phi) is 2.68. The van der Waals surface area contributed by atoms with Gasteiger partial charge in [-0.15, -0.1) is 0 Å². The summed E-state index contributed by atoms with van der Waals surface area (Å²) in [4.78, 5) is 22.7. The molecule has 0 aliphatic carbocycles. The monoisotopic (exact) mass is 210 g/mol. The Morgan fingerprint density at radius 2 is 2.14 bits per heavy atom. The average molecular weight is 210 g/mol. The second-order valence-corrected chi connectivity index (χ2v) is 3.15. The van der Waals surface area contributed by atoms with Crippen LogP contribution in [0.2, 0.25) is 0 Å². The Bertz CT molecular complexity index is 264. The second kappa shape index (κ2) is 3.47. The quantitative estimate of drug-likeness (QED) is 0.656. The van der Waals surface area contributed by atoms with Crippen molar-refractivity contribution in [2.45, 2.75) is 18.6 Å². The minimum Gasteiger partial charge on any atom is -0.344 e. The number of carbonyl (C=O) groups is 2. The molecule has 1 aliphatic rings. The fourth-order valence-corrected chi connectivity index (χ4v) is 1.23. The van der Waals surface area contributed by atoms with Gasteiger partial charge in [0.2, 0.25) is 5.91 Å². The second-order valence-electron chi connectivity index (χ2n) is 3.15. The van der Waals surface area contributed by atoms with Crippen LogP contribution in [0.4, 0.5) is 13.2 Å².